The summed E-state index contributed by atoms with van der Waals surface area (Å²) in [5, 5.41) is 15.6. The number of benzene rings is 1. The van der Waals surface area contributed by atoms with E-state index in [2.05, 4.69) is 10.4 Å². The highest BCUT2D eigenvalue weighted by atomic mass is 16.4. The summed E-state index contributed by atoms with van der Waals surface area (Å²) in [5.74, 6) is -1.43. The molecule has 2 aromatic rings. The molecule has 2 N–H and O–H groups in total. The summed E-state index contributed by atoms with van der Waals surface area (Å²) >= 11 is 0. The van der Waals surface area contributed by atoms with E-state index in [9.17, 15) is 9.59 Å². The van der Waals surface area contributed by atoms with Crippen molar-refractivity contribution >= 4 is 11.9 Å². The van der Waals surface area contributed by atoms with Crippen LogP contribution in [0.5, 0.6) is 0 Å². The van der Waals surface area contributed by atoms with Crippen LogP contribution in [0.2, 0.25) is 0 Å². The van der Waals surface area contributed by atoms with Crippen molar-refractivity contribution < 1.29 is 14.7 Å². The molecular formula is C15H17N3O3. The van der Waals surface area contributed by atoms with Crippen molar-refractivity contribution in [2.24, 2.45) is 0 Å². The molecule has 0 fully saturated rings. The van der Waals surface area contributed by atoms with Crippen molar-refractivity contribution in [2.75, 3.05) is 0 Å². The number of para-hydroxylation sites is 1. The molecule has 21 heavy (non-hydrogen) atoms. The van der Waals surface area contributed by atoms with E-state index in [0.29, 0.717) is 0 Å². The number of carboxylic acids is 1. The lowest BCUT2D eigenvalue weighted by Gasteiger charge is -2.20. The van der Waals surface area contributed by atoms with Gasteiger partial charge in [0.1, 0.15) is 5.54 Å². The van der Waals surface area contributed by atoms with Gasteiger partial charge in [0.15, 0.2) is 0 Å². The van der Waals surface area contributed by atoms with Gasteiger partial charge in [-0.1, -0.05) is 18.2 Å². The van der Waals surface area contributed by atoms with Gasteiger partial charge < -0.3 is 10.4 Å². The van der Waals surface area contributed by atoms with Gasteiger partial charge in [-0.15, -0.1) is 0 Å². The summed E-state index contributed by atoms with van der Waals surface area (Å²) in [6.45, 7) is 2.89. The third kappa shape index (κ3) is 3.68. The summed E-state index contributed by atoms with van der Waals surface area (Å²) in [5.41, 5.74) is 0.333. The lowest BCUT2D eigenvalue weighted by molar-refractivity contribution is -0.145. The Morgan fingerprint density at radius 3 is 2.57 bits per heavy atom. The number of carbonyl (C=O) groups excluding carboxylic acids is 1. The van der Waals surface area contributed by atoms with Crippen molar-refractivity contribution in [1.29, 1.82) is 0 Å². The maximum atomic E-state index is 11.9. The van der Waals surface area contributed by atoms with Crippen molar-refractivity contribution in [2.45, 2.75) is 25.8 Å². The lowest BCUT2D eigenvalue weighted by Crippen LogP contribution is -2.50. The molecule has 1 heterocycles. The molecule has 2 rings (SSSR count). The fraction of sp³-hybridized carbons (Fsp3) is 0.267. The molecule has 0 bridgehead atoms. The van der Waals surface area contributed by atoms with Gasteiger partial charge in [0.05, 0.1) is 18.3 Å². The average Bonchev–Trinajstić information content (AvgIpc) is 2.87. The second-order valence-electron chi connectivity index (χ2n) is 5.28. The predicted octanol–water partition coefficient (Wildman–Crippen LogP) is 1.39. The number of nitrogens with one attached hydrogen (secondary N) is 1. The highest BCUT2D eigenvalue weighted by Crippen LogP contribution is 2.09. The molecule has 6 heteroatoms. The van der Waals surface area contributed by atoms with Crippen LogP contribution in [0, 0.1) is 0 Å². The standard InChI is InChI=1S/C15H17N3O3/c1-15(2,14(20)21)17-13(19)8-11-9-16-18(10-11)12-6-4-3-5-7-12/h3-7,9-10H,8H2,1-2H3,(H,17,19)(H,20,21). The number of carbonyl (C=O) groups is 2. The van der Waals surface area contributed by atoms with Crippen LogP contribution >= 0.6 is 0 Å². The summed E-state index contributed by atoms with van der Waals surface area (Å²) in [6.07, 6.45) is 3.44. The minimum Gasteiger partial charge on any atom is -0.480 e. The van der Waals surface area contributed by atoms with Gasteiger partial charge in [0.2, 0.25) is 5.91 Å². The van der Waals surface area contributed by atoms with Crippen LogP contribution in [0.3, 0.4) is 0 Å². The van der Waals surface area contributed by atoms with Gasteiger partial charge in [-0.05, 0) is 31.5 Å². The third-order valence-corrected chi connectivity index (χ3v) is 3.01. The van der Waals surface area contributed by atoms with Crippen LogP contribution in [-0.2, 0) is 16.0 Å². The molecule has 0 aliphatic carbocycles. The Balaban J connectivity index is 2.03. The number of nitrogens with zero attached hydrogens (tertiary/aromatic N) is 2. The molecule has 0 spiro atoms. The Morgan fingerprint density at radius 1 is 1.29 bits per heavy atom. The number of hydrogen-bond donors (Lipinski definition) is 2. The SMILES string of the molecule is CC(C)(NC(=O)Cc1cnn(-c2ccccc2)c1)C(=O)O. The minimum absolute atomic E-state index is 0.0868. The maximum Gasteiger partial charge on any atom is 0.328 e. The van der Waals surface area contributed by atoms with Crippen molar-refractivity contribution in [3.63, 3.8) is 0 Å². The smallest absolute Gasteiger partial charge is 0.328 e. The Hall–Kier alpha value is -2.63. The second kappa shape index (κ2) is 5.78. The summed E-state index contributed by atoms with van der Waals surface area (Å²) in [6, 6.07) is 9.53. The van der Waals surface area contributed by atoms with Crippen LogP contribution in [0.4, 0.5) is 0 Å². The van der Waals surface area contributed by atoms with Crippen LogP contribution in [0.25, 0.3) is 5.69 Å². The van der Waals surface area contributed by atoms with Crippen LogP contribution in [0.1, 0.15) is 19.4 Å². The number of carboxylic acid groups (broad SMARTS) is 1. The summed E-state index contributed by atoms with van der Waals surface area (Å²) < 4.78 is 1.67. The molecule has 0 saturated carbocycles. The molecule has 0 aliphatic heterocycles. The number of aromatic nitrogens is 2. The number of rotatable bonds is 5. The predicted molar refractivity (Wildman–Crippen MR) is 77.1 cm³/mol. The molecule has 110 valence electrons. The molecule has 1 aromatic heterocycles. The quantitative estimate of drug-likeness (QED) is 0.870. The molecular weight excluding hydrogens is 270 g/mol. The topological polar surface area (TPSA) is 84.2 Å². The summed E-state index contributed by atoms with van der Waals surface area (Å²) in [4.78, 5) is 22.8. The first-order valence-electron chi connectivity index (χ1n) is 6.52. The highest BCUT2D eigenvalue weighted by molar-refractivity contribution is 5.87. The Bertz CT molecular complexity index is 647. The zero-order valence-corrected chi connectivity index (χ0v) is 11.9. The maximum absolute atomic E-state index is 11.9. The summed E-state index contributed by atoms with van der Waals surface area (Å²) in [7, 11) is 0. The number of amides is 1. The molecule has 1 amide bonds. The Labute approximate surface area is 122 Å². The van der Waals surface area contributed by atoms with Crippen molar-refractivity contribution in [3.05, 3.63) is 48.3 Å². The van der Waals surface area contributed by atoms with Gasteiger partial charge in [0.25, 0.3) is 0 Å². The average molecular weight is 287 g/mol. The van der Waals surface area contributed by atoms with E-state index in [0.717, 1.165) is 11.3 Å². The van der Waals surface area contributed by atoms with E-state index in [4.69, 9.17) is 5.11 Å². The lowest BCUT2D eigenvalue weighted by atomic mass is 10.1. The molecule has 0 unspecified atom stereocenters. The molecule has 1 aromatic carbocycles. The fourth-order valence-corrected chi connectivity index (χ4v) is 1.80. The fourth-order valence-electron chi connectivity index (χ4n) is 1.80. The van der Waals surface area contributed by atoms with Crippen LogP contribution in [0.15, 0.2) is 42.7 Å². The zero-order valence-electron chi connectivity index (χ0n) is 11.9. The highest BCUT2D eigenvalue weighted by Gasteiger charge is 2.28. The first-order valence-corrected chi connectivity index (χ1v) is 6.52. The Kier molecular flexibility index (Phi) is 4.07. The van der Waals surface area contributed by atoms with E-state index >= 15 is 0 Å². The van der Waals surface area contributed by atoms with Gasteiger partial charge in [0, 0.05) is 6.20 Å². The molecule has 0 aliphatic rings. The van der Waals surface area contributed by atoms with Crippen molar-refractivity contribution in [3.8, 4) is 5.69 Å². The number of aliphatic carboxylic acids is 1. The van der Waals surface area contributed by atoms with Crippen molar-refractivity contribution in [1.82, 2.24) is 15.1 Å². The van der Waals surface area contributed by atoms with E-state index in [-0.39, 0.29) is 12.3 Å². The third-order valence-electron chi connectivity index (χ3n) is 3.01. The molecule has 0 saturated heterocycles. The van der Waals surface area contributed by atoms with Crippen LogP contribution < -0.4 is 5.32 Å². The number of hydrogen-bond acceptors (Lipinski definition) is 3. The Morgan fingerprint density at radius 2 is 1.95 bits per heavy atom. The molecule has 0 atom stereocenters. The van der Waals surface area contributed by atoms with E-state index in [1.54, 1.807) is 17.1 Å². The normalized spacial score (nSPS) is 11.1. The van der Waals surface area contributed by atoms with E-state index < -0.39 is 11.5 Å². The minimum atomic E-state index is -1.29. The first kappa shape index (κ1) is 14.8. The molecule has 0 radical (unpaired) electrons. The van der Waals surface area contributed by atoms with E-state index in [1.807, 2.05) is 30.3 Å². The van der Waals surface area contributed by atoms with Gasteiger partial charge in [-0.25, -0.2) is 9.48 Å². The van der Waals surface area contributed by atoms with Gasteiger partial charge in [-0.3, -0.25) is 4.79 Å². The second-order valence-corrected chi connectivity index (χ2v) is 5.28. The first-order chi connectivity index (χ1) is 9.88. The molecule has 6 nitrogen and oxygen atoms in total. The largest absolute Gasteiger partial charge is 0.480 e. The van der Waals surface area contributed by atoms with Gasteiger partial charge >= 0.3 is 5.97 Å². The van der Waals surface area contributed by atoms with Gasteiger partial charge in [-0.2, -0.15) is 5.10 Å². The van der Waals surface area contributed by atoms with E-state index in [1.165, 1.54) is 13.8 Å². The monoisotopic (exact) mass is 287 g/mol. The van der Waals surface area contributed by atoms with Crippen LogP contribution in [-0.4, -0.2) is 32.3 Å². The zero-order chi connectivity index (χ0) is 15.5.